The first-order valence-corrected chi connectivity index (χ1v) is 4.53. The molecule has 1 aromatic rings. The molecule has 0 aromatic heterocycles. The molecule has 0 aliphatic rings. The number of hydrogen-bond acceptors (Lipinski definition) is 4. The molecule has 5 heteroatoms. The van der Waals surface area contributed by atoms with Gasteiger partial charge in [-0.05, 0) is 17.7 Å². The van der Waals surface area contributed by atoms with Crippen molar-refractivity contribution in [2.24, 2.45) is 5.14 Å². The summed E-state index contributed by atoms with van der Waals surface area (Å²) < 4.78 is 2.86. The Kier molecular flexibility index (Phi) is 3.75. The van der Waals surface area contributed by atoms with E-state index in [1.807, 2.05) is 0 Å². The zero-order valence-electron chi connectivity index (χ0n) is 6.86. The predicted octanol–water partition coefficient (Wildman–Crippen LogP) is 0.996. The smallest absolute Gasteiger partial charge is 0.335 e. The highest BCUT2D eigenvalue weighted by atomic mass is 32.2. The molecular formula is C8H10N2O2S. The van der Waals surface area contributed by atoms with Gasteiger partial charge in [0, 0.05) is 18.7 Å². The molecule has 0 fully saturated rings. The van der Waals surface area contributed by atoms with Crippen LogP contribution in [-0.4, -0.2) is 11.1 Å². The van der Waals surface area contributed by atoms with Gasteiger partial charge in [0.05, 0.1) is 5.56 Å². The number of hydrogen-bond donors (Lipinski definition) is 3. The van der Waals surface area contributed by atoms with Crippen molar-refractivity contribution in [2.75, 3.05) is 0 Å². The minimum absolute atomic E-state index is 0.296. The predicted molar refractivity (Wildman–Crippen MR) is 52.0 cm³/mol. The summed E-state index contributed by atoms with van der Waals surface area (Å²) >= 11 is 1.04. The molecule has 0 aliphatic carbocycles. The van der Waals surface area contributed by atoms with E-state index in [1.54, 1.807) is 24.3 Å². The van der Waals surface area contributed by atoms with Gasteiger partial charge >= 0.3 is 5.97 Å². The maximum Gasteiger partial charge on any atom is 0.335 e. The average molecular weight is 198 g/mol. The van der Waals surface area contributed by atoms with Gasteiger partial charge in [-0.15, -0.1) is 0 Å². The van der Waals surface area contributed by atoms with Crippen LogP contribution in [-0.2, 0) is 6.54 Å². The van der Waals surface area contributed by atoms with Crippen LogP contribution >= 0.6 is 12.1 Å². The molecule has 1 aromatic carbocycles. The second kappa shape index (κ2) is 4.86. The topological polar surface area (TPSA) is 75.3 Å². The highest BCUT2D eigenvalue weighted by Crippen LogP contribution is 2.04. The lowest BCUT2D eigenvalue weighted by atomic mass is 10.1. The Morgan fingerprint density at radius 3 is 2.54 bits per heavy atom. The Hall–Kier alpha value is -1.04. The summed E-state index contributed by atoms with van der Waals surface area (Å²) in [4.78, 5) is 10.5. The lowest BCUT2D eigenvalue weighted by Gasteiger charge is -2.00. The van der Waals surface area contributed by atoms with Crippen LogP contribution < -0.4 is 9.86 Å². The van der Waals surface area contributed by atoms with Crippen molar-refractivity contribution in [3.8, 4) is 0 Å². The van der Waals surface area contributed by atoms with E-state index in [-0.39, 0.29) is 0 Å². The highest BCUT2D eigenvalue weighted by Gasteiger charge is 2.00. The first-order valence-electron chi connectivity index (χ1n) is 3.65. The van der Waals surface area contributed by atoms with Gasteiger partial charge < -0.3 is 5.11 Å². The second-order valence-corrected chi connectivity index (χ2v) is 2.97. The number of carboxylic acids is 1. The molecule has 4 N–H and O–H groups in total. The summed E-state index contributed by atoms with van der Waals surface area (Å²) in [6.07, 6.45) is 0. The molecule has 0 radical (unpaired) electrons. The first kappa shape index (κ1) is 10.0. The molecule has 0 saturated heterocycles. The molecule has 13 heavy (non-hydrogen) atoms. The maximum atomic E-state index is 10.5. The molecular weight excluding hydrogens is 188 g/mol. The van der Waals surface area contributed by atoms with Crippen molar-refractivity contribution < 1.29 is 9.90 Å². The van der Waals surface area contributed by atoms with Gasteiger partial charge in [-0.1, -0.05) is 12.1 Å². The minimum atomic E-state index is -0.910. The fourth-order valence-corrected chi connectivity index (χ4v) is 1.14. The number of nitrogens with one attached hydrogen (secondary N) is 1. The van der Waals surface area contributed by atoms with Gasteiger partial charge in [0.15, 0.2) is 0 Å². The standard InChI is InChI=1S/C8H10N2O2S/c9-13-10-5-6-1-3-7(4-2-6)8(11)12/h1-4,10H,5,9H2,(H,11,12). The Morgan fingerprint density at radius 2 is 2.08 bits per heavy atom. The normalized spacial score (nSPS) is 9.92. The molecule has 0 bridgehead atoms. The first-order chi connectivity index (χ1) is 6.24. The number of nitrogens with two attached hydrogens (primary N) is 1. The van der Waals surface area contributed by atoms with Crippen LogP contribution in [0.2, 0.25) is 0 Å². The van der Waals surface area contributed by atoms with Gasteiger partial charge in [-0.2, -0.15) is 0 Å². The molecule has 0 spiro atoms. The van der Waals surface area contributed by atoms with Crippen LogP contribution in [0, 0.1) is 0 Å². The van der Waals surface area contributed by atoms with Crippen molar-refractivity contribution in [2.45, 2.75) is 6.54 Å². The fourth-order valence-electron chi connectivity index (χ4n) is 0.890. The monoisotopic (exact) mass is 198 g/mol. The Labute approximate surface area is 80.4 Å². The van der Waals surface area contributed by atoms with Crippen LogP contribution in [0.4, 0.5) is 0 Å². The van der Waals surface area contributed by atoms with Crippen LogP contribution in [0.15, 0.2) is 24.3 Å². The lowest BCUT2D eigenvalue weighted by molar-refractivity contribution is 0.0697. The van der Waals surface area contributed by atoms with Crippen LogP contribution in [0.25, 0.3) is 0 Å². The van der Waals surface area contributed by atoms with Crippen LogP contribution in [0.1, 0.15) is 15.9 Å². The van der Waals surface area contributed by atoms with E-state index in [2.05, 4.69) is 4.72 Å². The average Bonchev–Trinajstić information content (AvgIpc) is 2.15. The third-order valence-corrected chi connectivity index (χ3v) is 1.87. The summed E-state index contributed by atoms with van der Waals surface area (Å²) in [7, 11) is 0. The molecule has 0 aliphatic heterocycles. The largest absolute Gasteiger partial charge is 0.478 e. The quantitative estimate of drug-likeness (QED) is 0.629. The zero-order valence-corrected chi connectivity index (χ0v) is 7.67. The van der Waals surface area contributed by atoms with E-state index in [1.165, 1.54) is 0 Å². The third kappa shape index (κ3) is 3.06. The van der Waals surface area contributed by atoms with E-state index >= 15 is 0 Å². The number of aromatic carboxylic acids is 1. The molecule has 0 saturated carbocycles. The van der Waals surface area contributed by atoms with Gasteiger partial charge in [0.1, 0.15) is 0 Å². The Bertz CT molecular complexity index is 287. The molecule has 4 nitrogen and oxygen atoms in total. The van der Waals surface area contributed by atoms with Gasteiger partial charge in [0.25, 0.3) is 0 Å². The molecule has 0 atom stereocenters. The molecule has 70 valence electrons. The SMILES string of the molecule is NSNCc1ccc(C(=O)O)cc1. The fraction of sp³-hybridized carbons (Fsp3) is 0.125. The lowest BCUT2D eigenvalue weighted by Crippen LogP contribution is -2.06. The molecule has 1 rings (SSSR count). The third-order valence-electron chi connectivity index (χ3n) is 1.56. The Morgan fingerprint density at radius 1 is 1.46 bits per heavy atom. The molecule has 0 amide bonds. The van der Waals surface area contributed by atoms with Crippen molar-refractivity contribution in [1.82, 2.24) is 4.72 Å². The van der Waals surface area contributed by atoms with Crippen molar-refractivity contribution in [3.63, 3.8) is 0 Å². The Balaban J connectivity index is 2.64. The maximum absolute atomic E-state index is 10.5. The number of carboxylic acid groups (broad SMARTS) is 1. The van der Waals surface area contributed by atoms with E-state index in [0.29, 0.717) is 12.1 Å². The summed E-state index contributed by atoms with van der Waals surface area (Å²) in [5.41, 5.74) is 1.30. The van der Waals surface area contributed by atoms with E-state index in [0.717, 1.165) is 17.7 Å². The van der Waals surface area contributed by atoms with Crippen molar-refractivity contribution >= 4 is 18.1 Å². The van der Waals surface area contributed by atoms with E-state index < -0.39 is 5.97 Å². The molecule has 0 unspecified atom stereocenters. The number of benzene rings is 1. The van der Waals surface area contributed by atoms with E-state index in [9.17, 15) is 4.79 Å². The summed E-state index contributed by atoms with van der Waals surface area (Å²) in [6.45, 7) is 0.626. The van der Waals surface area contributed by atoms with Crippen LogP contribution in [0.3, 0.4) is 0 Å². The summed E-state index contributed by atoms with van der Waals surface area (Å²) in [6, 6.07) is 6.65. The van der Waals surface area contributed by atoms with Crippen LogP contribution in [0.5, 0.6) is 0 Å². The highest BCUT2D eigenvalue weighted by molar-refractivity contribution is 7.95. The zero-order chi connectivity index (χ0) is 9.68. The van der Waals surface area contributed by atoms with Crippen molar-refractivity contribution in [3.05, 3.63) is 35.4 Å². The number of carbonyl (C=O) groups is 1. The van der Waals surface area contributed by atoms with E-state index in [4.69, 9.17) is 10.2 Å². The van der Waals surface area contributed by atoms with Gasteiger partial charge in [0.2, 0.25) is 0 Å². The number of rotatable bonds is 4. The minimum Gasteiger partial charge on any atom is -0.478 e. The summed E-state index contributed by atoms with van der Waals surface area (Å²) in [5, 5.41) is 13.8. The van der Waals surface area contributed by atoms with Crippen molar-refractivity contribution in [1.29, 1.82) is 0 Å². The molecule has 0 heterocycles. The van der Waals surface area contributed by atoms with Gasteiger partial charge in [-0.3, -0.25) is 5.14 Å². The summed E-state index contributed by atoms with van der Waals surface area (Å²) in [5.74, 6) is -0.910. The second-order valence-electron chi connectivity index (χ2n) is 2.44. The van der Waals surface area contributed by atoms with Gasteiger partial charge in [-0.25, -0.2) is 9.52 Å².